The van der Waals surface area contributed by atoms with Gasteiger partial charge in [0.05, 0.1) is 0 Å². The average Bonchev–Trinajstić information content (AvgIpc) is 2.01. The third-order valence-electron chi connectivity index (χ3n) is 2.05. The van der Waals surface area contributed by atoms with Crippen LogP contribution in [0.4, 0.5) is 0 Å². The fourth-order valence-electron chi connectivity index (χ4n) is 1.36. The van der Waals surface area contributed by atoms with E-state index >= 15 is 0 Å². The highest BCUT2D eigenvalue weighted by molar-refractivity contribution is 4.75. The molecule has 65 valence electrons. The van der Waals surface area contributed by atoms with Crippen LogP contribution in [0.25, 0.3) is 0 Å². The van der Waals surface area contributed by atoms with Crippen LogP contribution in [0.2, 0.25) is 0 Å². The Labute approximate surface area is 68.7 Å². The number of ether oxygens (including phenoxy) is 1. The first kappa shape index (κ1) is 8.97. The molecule has 1 unspecified atom stereocenters. The second-order valence-corrected chi connectivity index (χ2v) is 3.10. The van der Waals surface area contributed by atoms with E-state index in [0.29, 0.717) is 6.04 Å². The highest BCUT2D eigenvalue weighted by atomic mass is 16.5. The summed E-state index contributed by atoms with van der Waals surface area (Å²) < 4.78 is 5.00. The Balaban J connectivity index is 2.12. The molecular formula is C8H17N2O. The van der Waals surface area contributed by atoms with Crippen molar-refractivity contribution in [3.05, 3.63) is 0 Å². The molecule has 1 radical (unpaired) electrons. The quantitative estimate of drug-likeness (QED) is 0.574. The van der Waals surface area contributed by atoms with Gasteiger partial charge in [-0.2, -0.15) is 0 Å². The van der Waals surface area contributed by atoms with E-state index in [1.54, 1.807) is 7.11 Å². The normalized spacial score (nSPS) is 27.3. The number of rotatable bonds is 3. The molecule has 0 bridgehead atoms. The van der Waals surface area contributed by atoms with Crippen LogP contribution in [-0.2, 0) is 4.74 Å². The molecule has 1 aliphatic heterocycles. The molecule has 1 saturated heterocycles. The van der Waals surface area contributed by atoms with Crippen LogP contribution in [0.3, 0.4) is 0 Å². The Bertz CT molecular complexity index is 108. The molecule has 3 nitrogen and oxygen atoms in total. The van der Waals surface area contributed by atoms with Crippen LogP contribution in [0.5, 0.6) is 0 Å². The molecule has 0 N–H and O–H groups in total. The largest absolute Gasteiger partial charge is 0.385 e. The lowest BCUT2D eigenvalue weighted by Gasteiger charge is -2.29. The number of methoxy groups -OCH3 is 1. The highest BCUT2D eigenvalue weighted by Crippen LogP contribution is 2.01. The van der Waals surface area contributed by atoms with Gasteiger partial charge in [-0.1, -0.05) is 0 Å². The summed E-state index contributed by atoms with van der Waals surface area (Å²) >= 11 is 0. The smallest absolute Gasteiger partial charge is 0.0478 e. The molecular weight excluding hydrogens is 140 g/mol. The van der Waals surface area contributed by atoms with Crippen molar-refractivity contribution in [3.8, 4) is 0 Å². The van der Waals surface area contributed by atoms with E-state index in [0.717, 1.165) is 32.7 Å². The molecule has 1 atom stereocenters. The second-order valence-electron chi connectivity index (χ2n) is 3.10. The number of hydrogen-bond acceptors (Lipinski definition) is 2. The summed E-state index contributed by atoms with van der Waals surface area (Å²) in [5.74, 6) is 0. The Kier molecular flexibility index (Phi) is 3.83. The van der Waals surface area contributed by atoms with Crippen molar-refractivity contribution in [2.24, 2.45) is 0 Å². The number of piperazine rings is 1. The SMILES string of the molecule is COCCC1CN(C)CC[N]1. The van der Waals surface area contributed by atoms with Crippen LogP contribution >= 0.6 is 0 Å². The van der Waals surface area contributed by atoms with Crippen LogP contribution in [0.15, 0.2) is 0 Å². The van der Waals surface area contributed by atoms with E-state index in [4.69, 9.17) is 4.74 Å². The molecule has 1 fully saturated rings. The van der Waals surface area contributed by atoms with Gasteiger partial charge in [0.1, 0.15) is 0 Å². The standard InChI is InChI=1S/C8H17N2O/c1-10-5-4-9-8(7-10)3-6-11-2/h8H,3-7H2,1-2H3. The van der Waals surface area contributed by atoms with Gasteiger partial charge < -0.3 is 9.64 Å². The Hall–Kier alpha value is -0.120. The molecule has 0 spiro atoms. The maximum Gasteiger partial charge on any atom is 0.0478 e. The molecule has 3 heteroatoms. The predicted octanol–water partition coefficient (Wildman–Crippen LogP) is -0.0587. The van der Waals surface area contributed by atoms with Gasteiger partial charge in [0, 0.05) is 39.4 Å². The zero-order valence-electron chi connectivity index (χ0n) is 7.42. The maximum atomic E-state index is 5.00. The van der Waals surface area contributed by atoms with Crippen molar-refractivity contribution in [3.63, 3.8) is 0 Å². The average molecular weight is 157 g/mol. The predicted molar refractivity (Wildman–Crippen MR) is 44.8 cm³/mol. The van der Waals surface area contributed by atoms with Crippen molar-refractivity contribution in [2.75, 3.05) is 40.4 Å². The lowest BCUT2D eigenvalue weighted by Crippen LogP contribution is -2.45. The van der Waals surface area contributed by atoms with Crippen LogP contribution < -0.4 is 5.32 Å². The zero-order valence-corrected chi connectivity index (χ0v) is 7.42. The molecule has 0 aromatic carbocycles. The summed E-state index contributed by atoms with van der Waals surface area (Å²) in [4.78, 5) is 2.33. The highest BCUT2D eigenvalue weighted by Gasteiger charge is 2.16. The topological polar surface area (TPSA) is 26.6 Å². The van der Waals surface area contributed by atoms with E-state index in [-0.39, 0.29) is 0 Å². The summed E-state index contributed by atoms with van der Waals surface area (Å²) in [5.41, 5.74) is 0. The molecule has 0 saturated carbocycles. The van der Waals surface area contributed by atoms with Gasteiger partial charge in [-0.15, -0.1) is 0 Å². The van der Waals surface area contributed by atoms with E-state index in [1.807, 2.05) is 0 Å². The third kappa shape index (κ3) is 3.18. The first-order chi connectivity index (χ1) is 5.33. The summed E-state index contributed by atoms with van der Waals surface area (Å²) in [7, 11) is 3.89. The Morgan fingerprint density at radius 2 is 2.45 bits per heavy atom. The summed E-state index contributed by atoms with van der Waals surface area (Å²) in [6.45, 7) is 4.04. The molecule has 0 aromatic rings. The Morgan fingerprint density at radius 1 is 1.64 bits per heavy atom. The zero-order chi connectivity index (χ0) is 8.10. The van der Waals surface area contributed by atoms with E-state index < -0.39 is 0 Å². The van der Waals surface area contributed by atoms with Gasteiger partial charge in [-0.05, 0) is 13.5 Å². The minimum absolute atomic E-state index is 0.508. The maximum absolute atomic E-state index is 5.00. The molecule has 11 heavy (non-hydrogen) atoms. The molecule has 1 heterocycles. The van der Waals surface area contributed by atoms with Crippen LogP contribution in [-0.4, -0.2) is 51.3 Å². The fourth-order valence-corrected chi connectivity index (χ4v) is 1.36. The van der Waals surface area contributed by atoms with Gasteiger partial charge in [-0.25, -0.2) is 5.32 Å². The first-order valence-corrected chi connectivity index (χ1v) is 4.17. The summed E-state index contributed by atoms with van der Waals surface area (Å²) in [5, 5.41) is 4.50. The minimum atomic E-state index is 0.508. The number of nitrogens with zero attached hydrogens (tertiary/aromatic N) is 2. The van der Waals surface area contributed by atoms with Crippen molar-refractivity contribution in [2.45, 2.75) is 12.5 Å². The molecule has 1 aliphatic rings. The lowest BCUT2D eigenvalue weighted by atomic mass is 10.1. The first-order valence-electron chi connectivity index (χ1n) is 4.17. The third-order valence-corrected chi connectivity index (χ3v) is 2.05. The molecule has 1 rings (SSSR count). The molecule has 0 aromatic heterocycles. The fraction of sp³-hybridized carbons (Fsp3) is 1.00. The number of likely N-dealkylation sites (N-methyl/N-ethyl adjacent to an activating group) is 1. The van der Waals surface area contributed by atoms with Crippen LogP contribution in [0.1, 0.15) is 6.42 Å². The van der Waals surface area contributed by atoms with Gasteiger partial charge in [0.15, 0.2) is 0 Å². The van der Waals surface area contributed by atoms with Crippen molar-refractivity contribution in [1.82, 2.24) is 10.2 Å². The van der Waals surface area contributed by atoms with Gasteiger partial charge >= 0.3 is 0 Å². The summed E-state index contributed by atoms with van der Waals surface area (Å²) in [6, 6.07) is 0.508. The van der Waals surface area contributed by atoms with E-state index in [1.165, 1.54) is 0 Å². The molecule has 0 aliphatic carbocycles. The van der Waals surface area contributed by atoms with Crippen molar-refractivity contribution >= 4 is 0 Å². The lowest BCUT2D eigenvalue weighted by molar-refractivity contribution is 0.157. The monoisotopic (exact) mass is 157 g/mol. The minimum Gasteiger partial charge on any atom is -0.385 e. The van der Waals surface area contributed by atoms with E-state index in [2.05, 4.69) is 17.3 Å². The van der Waals surface area contributed by atoms with Gasteiger partial charge in [-0.3, -0.25) is 0 Å². The Morgan fingerprint density at radius 3 is 3.09 bits per heavy atom. The van der Waals surface area contributed by atoms with Crippen molar-refractivity contribution < 1.29 is 4.74 Å². The van der Waals surface area contributed by atoms with Gasteiger partial charge in [0.25, 0.3) is 0 Å². The number of hydrogen-bond donors (Lipinski definition) is 0. The van der Waals surface area contributed by atoms with Gasteiger partial charge in [0.2, 0.25) is 0 Å². The van der Waals surface area contributed by atoms with Crippen LogP contribution in [0, 0.1) is 0 Å². The second kappa shape index (κ2) is 4.70. The summed E-state index contributed by atoms with van der Waals surface area (Å²) in [6.07, 6.45) is 1.07. The molecule has 0 amide bonds. The van der Waals surface area contributed by atoms with Crippen molar-refractivity contribution in [1.29, 1.82) is 0 Å². The van der Waals surface area contributed by atoms with E-state index in [9.17, 15) is 0 Å².